The fourth-order valence-corrected chi connectivity index (χ4v) is 3.66. The molecule has 0 amide bonds. The summed E-state index contributed by atoms with van der Waals surface area (Å²) < 4.78 is 0. The maximum atomic E-state index is 11.2. The van der Waals surface area contributed by atoms with E-state index in [1.165, 1.54) is 6.42 Å². The Hall–Kier alpha value is -0.610. The lowest BCUT2D eigenvalue weighted by molar-refractivity contribution is -0.143. The van der Waals surface area contributed by atoms with Gasteiger partial charge in [0.1, 0.15) is 6.04 Å². The largest absolute Gasteiger partial charge is 0.480 e. The molecule has 2 fully saturated rings. The van der Waals surface area contributed by atoms with Crippen molar-refractivity contribution < 1.29 is 15.0 Å². The van der Waals surface area contributed by atoms with Gasteiger partial charge in [-0.05, 0) is 31.1 Å². The number of nitrogens with zero attached hydrogens (tertiary/aromatic N) is 1. The van der Waals surface area contributed by atoms with Crippen LogP contribution in [0.25, 0.3) is 0 Å². The summed E-state index contributed by atoms with van der Waals surface area (Å²) >= 11 is 0. The van der Waals surface area contributed by atoms with Crippen LogP contribution in [-0.4, -0.2) is 45.8 Å². The first-order valence-electron chi connectivity index (χ1n) is 6.64. The maximum absolute atomic E-state index is 11.2. The average Bonchev–Trinajstić information content (AvgIpc) is 2.59. The number of aliphatic carboxylic acids is 1. The molecule has 4 nitrogen and oxygen atoms in total. The molecule has 2 aliphatic rings. The predicted octanol–water partition coefficient (Wildman–Crippen LogP) is 1.33. The second-order valence-electron chi connectivity index (χ2n) is 6.01. The molecule has 1 heterocycles. The van der Waals surface area contributed by atoms with Crippen LogP contribution in [0.5, 0.6) is 0 Å². The van der Waals surface area contributed by atoms with Crippen LogP contribution >= 0.6 is 0 Å². The molecule has 2 N–H and O–H groups in total. The Morgan fingerprint density at radius 3 is 2.24 bits per heavy atom. The van der Waals surface area contributed by atoms with Gasteiger partial charge in [0.05, 0.1) is 6.10 Å². The van der Waals surface area contributed by atoms with Crippen LogP contribution in [0.4, 0.5) is 0 Å². The highest BCUT2D eigenvalue weighted by atomic mass is 16.4. The quantitative estimate of drug-likeness (QED) is 0.765. The van der Waals surface area contributed by atoms with Crippen LogP contribution in [-0.2, 0) is 4.79 Å². The van der Waals surface area contributed by atoms with Gasteiger partial charge >= 0.3 is 5.97 Å². The molecule has 1 saturated heterocycles. The van der Waals surface area contributed by atoms with Crippen molar-refractivity contribution in [2.45, 2.75) is 57.7 Å². The molecule has 4 unspecified atom stereocenters. The summed E-state index contributed by atoms with van der Waals surface area (Å²) in [6.07, 6.45) is 3.30. The molecule has 1 saturated carbocycles. The van der Waals surface area contributed by atoms with Crippen molar-refractivity contribution in [2.75, 3.05) is 6.54 Å². The normalized spacial score (nSPS) is 43.8. The van der Waals surface area contributed by atoms with Gasteiger partial charge in [-0.25, -0.2) is 0 Å². The zero-order valence-electron chi connectivity index (χ0n) is 10.7. The van der Waals surface area contributed by atoms with Gasteiger partial charge in [0, 0.05) is 19.0 Å². The molecule has 1 aliphatic carbocycles. The van der Waals surface area contributed by atoms with Gasteiger partial charge in [0.15, 0.2) is 0 Å². The van der Waals surface area contributed by atoms with Crippen LogP contribution in [0.1, 0.15) is 39.5 Å². The molecular weight excluding hydrogens is 218 g/mol. The number of rotatable bonds is 2. The molecule has 4 heteroatoms. The number of hydrogen-bond acceptors (Lipinski definition) is 3. The number of likely N-dealkylation sites (tertiary alicyclic amines) is 1. The monoisotopic (exact) mass is 241 g/mol. The Morgan fingerprint density at radius 2 is 1.71 bits per heavy atom. The van der Waals surface area contributed by atoms with Gasteiger partial charge < -0.3 is 10.2 Å². The van der Waals surface area contributed by atoms with E-state index in [0.29, 0.717) is 30.8 Å². The Balaban J connectivity index is 2.07. The van der Waals surface area contributed by atoms with E-state index >= 15 is 0 Å². The summed E-state index contributed by atoms with van der Waals surface area (Å²) in [4.78, 5) is 13.2. The van der Waals surface area contributed by atoms with Gasteiger partial charge in [0.2, 0.25) is 0 Å². The number of carbonyl (C=O) groups is 1. The van der Waals surface area contributed by atoms with Crippen molar-refractivity contribution in [2.24, 2.45) is 11.8 Å². The lowest BCUT2D eigenvalue weighted by atomic mass is 9.79. The number of carboxylic acids is 1. The zero-order valence-corrected chi connectivity index (χ0v) is 10.7. The minimum Gasteiger partial charge on any atom is -0.480 e. The van der Waals surface area contributed by atoms with Gasteiger partial charge in [-0.2, -0.15) is 0 Å². The third-order valence-electron chi connectivity index (χ3n) is 4.22. The van der Waals surface area contributed by atoms with Gasteiger partial charge in [-0.15, -0.1) is 0 Å². The van der Waals surface area contributed by atoms with Crippen LogP contribution in [0, 0.1) is 11.8 Å². The molecule has 0 aromatic rings. The van der Waals surface area contributed by atoms with E-state index in [-0.39, 0.29) is 0 Å². The van der Waals surface area contributed by atoms with Gasteiger partial charge in [-0.1, -0.05) is 13.8 Å². The summed E-state index contributed by atoms with van der Waals surface area (Å²) in [7, 11) is 0. The van der Waals surface area contributed by atoms with Crippen molar-refractivity contribution in [3.63, 3.8) is 0 Å². The molecule has 0 radical (unpaired) electrons. The highest BCUT2D eigenvalue weighted by molar-refractivity contribution is 5.74. The van der Waals surface area contributed by atoms with E-state index in [1.54, 1.807) is 0 Å². The van der Waals surface area contributed by atoms with E-state index in [0.717, 1.165) is 12.8 Å². The number of aliphatic hydroxyl groups excluding tert-OH is 1. The van der Waals surface area contributed by atoms with Crippen molar-refractivity contribution >= 4 is 5.97 Å². The Bertz CT molecular complexity index is 284. The fraction of sp³-hybridized carbons (Fsp3) is 0.923. The van der Waals surface area contributed by atoms with Gasteiger partial charge in [-0.3, -0.25) is 9.69 Å². The second kappa shape index (κ2) is 4.94. The minimum atomic E-state index is -0.785. The van der Waals surface area contributed by atoms with Crippen LogP contribution < -0.4 is 0 Å². The highest BCUT2D eigenvalue weighted by Crippen LogP contribution is 2.35. The Morgan fingerprint density at radius 1 is 1.12 bits per heavy atom. The van der Waals surface area contributed by atoms with Crippen molar-refractivity contribution in [3.05, 3.63) is 0 Å². The van der Waals surface area contributed by atoms with Crippen LogP contribution in [0.3, 0.4) is 0 Å². The van der Waals surface area contributed by atoms with E-state index in [9.17, 15) is 15.0 Å². The molecule has 98 valence electrons. The average molecular weight is 241 g/mol. The van der Waals surface area contributed by atoms with Crippen LogP contribution in [0.15, 0.2) is 0 Å². The molecule has 4 atom stereocenters. The first kappa shape index (κ1) is 12.8. The minimum absolute atomic E-state index is 0.340. The smallest absolute Gasteiger partial charge is 0.321 e. The zero-order chi connectivity index (χ0) is 12.6. The van der Waals surface area contributed by atoms with E-state index in [2.05, 4.69) is 13.8 Å². The highest BCUT2D eigenvalue weighted by Gasteiger charge is 2.41. The van der Waals surface area contributed by atoms with Crippen molar-refractivity contribution in [1.29, 1.82) is 0 Å². The van der Waals surface area contributed by atoms with E-state index in [1.807, 2.05) is 4.90 Å². The topological polar surface area (TPSA) is 60.8 Å². The SMILES string of the molecule is CC1CC(C)CC(N2CC(O)CC2C(=O)O)C1. The molecule has 2 rings (SSSR count). The molecular formula is C13H23NO3. The predicted molar refractivity (Wildman–Crippen MR) is 64.7 cm³/mol. The Labute approximate surface area is 103 Å². The standard InChI is InChI=1S/C13H23NO3/c1-8-3-9(2)5-10(4-8)14-7-11(15)6-12(14)13(16)17/h8-12,15H,3-7H2,1-2H3,(H,16,17). The molecule has 0 aromatic heterocycles. The summed E-state index contributed by atoms with van der Waals surface area (Å²) in [5.41, 5.74) is 0. The fourth-order valence-electron chi connectivity index (χ4n) is 3.66. The number of aliphatic hydroxyl groups is 1. The summed E-state index contributed by atoms with van der Waals surface area (Å²) in [5, 5.41) is 18.9. The number of carboxylic acid groups (broad SMARTS) is 1. The molecule has 0 spiro atoms. The molecule has 17 heavy (non-hydrogen) atoms. The summed E-state index contributed by atoms with van der Waals surface area (Å²) in [6.45, 7) is 5.01. The first-order valence-corrected chi connectivity index (χ1v) is 6.64. The second-order valence-corrected chi connectivity index (χ2v) is 6.01. The maximum Gasteiger partial charge on any atom is 0.321 e. The van der Waals surface area contributed by atoms with Crippen molar-refractivity contribution in [3.8, 4) is 0 Å². The van der Waals surface area contributed by atoms with Crippen molar-refractivity contribution in [1.82, 2.24) is 4.90 Å². The van der Waals surface area contributed by atoms with E-state index < -0.39 is 18.1 Å². The number of β-amino-alcohol motifs (C(OH)–C–C–N with tert-alkyl or cyclic N) is 1. The lowest BCUT2D eigenvalue weighted by Crippen LogP contribution is -2.46. The Kier molecular flexibility index (Phi) is 3.73. The molecule has 1 aliphatic heterocycles. The number of hydrogen-bond donors (Lipinski definition) is 2. The van der Waals surface area contributed by atoms with Crippen LogP contribution in [0.2, 0.25) is 0 Å². The molecule has 0 aromatic carbocycles. The van der Waals surface area contributed by atoms with E-state index in [4.69, 9.17) is 0 Å². The summed E-state index contributed by atoms with van der Waals surface area (Å²) in [6, 6.07) is -0.139. The third kappa shape index (κ3) is 2.80. The molecule has 0 bridgehead atoms. The third-order valence-corrected chi connectivity index (χ3v) is 4.22. The summed E-state index contributed by atoms with van der Waals surface area (Å²) in [5.74, 6) is 0.541. The van der Waals surface area contributed by atoms with Gasteiger partial charge in [0.25, 0.3) is 0 Å². The lowest BCUT2D eigenvalue weighted by Gasteiger charge is -2.38. The first-order chi connectivity index (χ1) is 7.97.